The molecule has 0 saturated carbocycles. The molecule has 0 spiro atoms. The predicted octanol–water partition coefficient (Wildman–Crippen LogP) is 5.27. The van der Waals surface area contributed by atoms with Gasteiger partial charge in [0.15, 0.2) is 0 Å². The summed E-state index contributed by atoms with van der Waals surface area (Å²) < 4.78 is 12.9. The van der Waals surface area contributed by atoms with Crippen LogP contribution in [0.5, 0.6) is 11.5 Å². The average Bonchev–Trinajstić information content (AvgIpc) is 3.50. The Hall–Kier alpha value is -2.74. The number of nitrogens with one attached hydrogen (secondary N) is 2. The first-order chi connectivity index (χ1) is 16.1. The summed E-state index contributed by atoms with van der Waals surface area (Å²) in [4.78, 5) is 7.89. The van der Waals surface area contributed by atoms with Crippen LogP contribution in [0.1, 0.15) is 30.0 Å². The Morgan fingerprint density at radius 1 is 1.03 bits per heavy atom. The van der Waals surface area contributed by atoms with Crippen molar-refractivity contribution in [1.82, 2.24) is 25.1 Å². The molecule has 0 aliphatic carbocycles. The summed E-state index contributed by atoms with van der Waals surface area (Å²) in [6, 6.07) is 4.27. The largest absolute Gasteiger partial charge is 0.495 e. The Morgan fingerprint density at radius 2 is 1.76 bits per heavy atom. The van der Waals surface area contributed by atoms with Gasteiger partial charge in [-0.15, -0.1) is 0 Å². The SMILES string of the molecule is COc1cc(OC)c(Cl)c(Cc2c[nH]c3ncc(-c4cnn(C5CCNCC5)c4)cc23)c1Cl. The third-order valence-electron chi connectivity index (χ3n) is 6.27. The molecular formula is C24H25Cl2N5O2. The molecule has 1 aromatic carbocycles. The molecule has 0 atom stereocenters. The maximum atomic E-state index is 6.61. The van der Waals surface area contributed by atoms with E-state index in [1.54, 1.807) is 20.3 Å². The number of methoxy groups -OCH3 is 2. The Bertz CT molecular complexity index is 1270. The number of benzene rings is 1. The van der Waals surface area contributed by atoms with Crippen LogP contribution >= 0.6 is 23.2 Å². The van der Waals surface area contributed by atoms with Crippen molar-refractivity contribution < 1.29 is 9.47 Å². The second kappa shape index (κ2) is 9.25. The van der Waals surface area contributed by atoms with Crippen molar-refractivity contribution in [2.75, 3.05) is 27.3 Å². The summed E-state index contributed by atoms with van der Waals surface area (Å²) in [6.07, 6.45) is 10.5. The highest BCUT2D eigenvalue weighted by molar-refractivity contribution is 6.38. The van der Waals surface area contributed by atoms with Crippen LogP contribution in [0.2, 0.25) is 10.0 Å². The number of pyridine rings is 1. The first-order valence-electron chi connectivity index (χ1n) is 10.9. The van der Waals surface area contributed by atoms with Crippen LogP contribution in [-0.4, -0.2) is 47.1 Å². The normalized spacial score (nSPS) is 14.7. The van der Waals surface area contributed by atoms with Gasteiger partial charge in [-0.05, 0) is 37.6 Å². The molecule has 0 unspecified atom stereocenters. The van der Waals surface area contributed by atoms with Gasteiger partial charge in [0.1, 0.15) is 17.1 Å². The quantitative estimate of drug-likeness (QED) is 0.389. The van der Waals surface area contributed by atoms with Crippen molar-refractivity contribution in [2.24, 2.45) is 0 Å². The number of aromatic nitrogens is 4. The van der Waals surface area contributed by atoms with Gasteiger partial charge in [-0.3, -0.25) is 4.68 Å². The molecule has 1 aliphatic heterocycles. The predicted molar refractivity (Wildman–Crippen MR) is 131 cm³/mol. The molecule has 4 heterocycles. The van der Waals surface area contributed by atoms with Gasteiger partial charge >= 0.3 is 0 Å². The van der Waals surface area contributed by atoms with E-state index < -0.39 is 0 Å². The van der Waals surface area contributed by atoms with E-state index in [-0.39, 0.29) is 0 Å². The Balaban J connectivity index is 1.50. The van der Waals surface area contributed by atoms with Crippen molar-refractivity contribution in [1.29, 1.82) is 0 Å². The Kier molecular flexibility index (Phi) is 6.19. The maximum Gasteiger partial charge on any atom is 0.141 e. The number of hydrogen-bond donors (Lipinski definition) is 2. The number of halogens is 2. The highest BCUT2D eigenvalue weighted by Crippen LogP contribution is 2.42. The topological polar surface area (TPSA) is 77.0 Å². The van der Waals surface area contributed by atoms with Crippen LogP contribution in [0.4, 0.5) is 0 Å². The van der Waals surface area contributed by atoms with E-state index in [9.17, 15) is 0 Å². The molecule has 0 bridgehead atoms. The van der Waals surface area contributed by atoms with Gasteiger partial charge in [0, 0.05) is 53.2 Å². The van der Waals surface area contributed by atoms with Crippen LogP contribution in [0.3, 0.4) is 0 Å². The standard InChI is InChI=1S/C24H25Cl2N5O2/c1-32-20-9-21(33-2)23(26)19(22(20)25)8-15-11-29-24-18(15)7-14(10-28-24)16-12-30-31(13-16)17-3-5-27-6-4-17/h7,9-13,17,27H,3-6,8H2,1-2H3,(H,28,29). The highest BCUT2D eigenvalue weighted by atomic mass is 35.5. The molecule has 9 heteroatoms. The Labute approximate surface area is 202 Å². The second-order valence-corrected chi connectivity index (χ2v) is 8.94. The number of rotatable bonds is 6. The lowest BCUT2D eigenvalue weighted by Crippen LogP contribution is -2.29. The number of ether oxygens (including phenoxy) is 2. The van der Waals surface area contributed by atoms with Gasteiger partial charge in [-0.1, -0.05) is 23.2 Å². The number of H-pyrrole nitrogens is 1. The third-order valence-corrected chi connectivity index (χ3v) is 7.09. The number of piperidine rings is 1. The molecule has 1 aliphatic rings. The molecular weight excluding hydrogens is 461 g/mol. The molecule has 172 valence electrons. The summed E-state index contributed by atoms with van der Waals surface area (Å²) in [5.74, 6) is 1.05. The molecule has 0 amide bonds. The van der Waals surface area contributed by atoms with Crippen molar-refractivity contribution in [3.05, 3.63) is 58.1 Å². The van der Waals surface area contributed by atoms with Gasteiger partial charge in [-0.2, -0.15) is 5.10 Å². The number of hydrogen-bond acceptors (Lipinski definition) is 5. The van der Waals surface area contributed by atoms with Crippen LogP contribution in [-0.2, 0) is 6.42 Å². The molecule has 4 aromatic rings. The molecule has 1 fully saturated rings. The maximum absolute atomic E-state index is 6.61. The minimum Gasteiger partial charge on any atom is -0.495 e. The monoisotopic (exact) mass is 485 g/mol. The van der Waals surface area contributed by atoms with E-state index in [0.29, 0.717) is 34.0 Å². The van der Waals surface area contributed by atoms with E-state index >= 15 is 0 Å². The van der Waals surface area contributed by atoms with Crippen molar-refractivity contribution in [2.45, 2.75) is 25.3 Å². The Morgan fingerprint density at radius 3 is 2.45 bits per heavy atom. The fourth-order valence-corrected chi connectivity index (χ4v) is 5.04. The summed E-state index contributed by atoms with van der Waals surface area (Å²) >= 11 is 13.2. The van der Waals surface area contributed by atoms with E-state index in [1.165, 1.54) is 0 Å². The summed E-state index contributed by atoms with van der Waals surface area (Å²) in [5, 5.41) is 9.99. The first-order valence-corrected chi connectivity index (χ1v) is 11.6. The molecule has 5 rings (SSSR count). The van der Waals surface area contributed by atoms with E-state index in [2.05, 4.69) is 37.3 Å². The van der Waals surface area contributed by atoms with E-state index in [0.717, 1.165) is 59.2 Å². The lowest BCUT2D eigenvalue weighted by Gasteiger charge is -2.22. The van der Waals surface area contributed by atoms with Gasteiger partial charge in [-0.25, -0.2) is 4.98 Å². The van der Waals surface area contributed by atoms with Gasteiger partial charge in [0.2, 0.25) is 0 Å². The molecule has 0 radical (unpaired) electrons. The zero-order chi connectivity index (χ0) is 22.9. The minimum absolute atomic E-state index is 0.437. The zero-order valence-electron chi connectivity index (χ0n) is 18.5. The van der Waals surface area contributed by atoms with Crippen LogP contribution in [0.25, 0.3) is 22.2 Å². The highest BCUT2D eigenvalue weighted by Gasteiger charge is 2.20. The number of nitrogens with zero attached hydrogens (tertiary/aromatic N) is 3. The number of aromatic amines is 1. The molecule has 33 heavy (non-hydrogen) atoms. The van der Waals surface area contributed by atoms with Crippen molar-refractivity contribution in [3.8, 4) is 22.6 Å². The van der Waals surface area contributed by atoms with Crippen molar-refractivity contribution >= 4 is 34.2 Å². The lowest BCUT2D eigenvalue weighted by molar-refractivity contribution is 0.343. The lowest BCUT2D eigenvalue weighted by atomic mass is 10.0. The molecule has 1 saturated heterocycles. The summed E-state index contributed by atoms with van der Waals surface area (Å²) in [7, 11) is 3.15. The van der Waals surface area contributed by atoms with Gasteiger partial charge in [0.05, 0.1) is 36.5 Å². The van der Waals surface area contributed by atoms with E-state index in [1.807, 2.05) is 18.6 Å². The molecule has 7 nitrogen and oxygen atoms in total. The minimum atomic E-state index is 0.437. The molecule has 3 aromatic heterocycles. The summed E-state index contributed by atoms with van der Waals surface area (Å²) in [6.45, 7) is 2.06. The van der Waals surface area contributed by atoms with Gasteiger partial charge < -0.3 is 19.8 Å². The fraction of sp³-hybridized carbons (Fsp3) is 0.333. The fourth-order valence-electron chi connectivity index (χ4n) is 4.40. The zero-order valence-corrected chi connectivity index (χ0v) is 20.0. The van der Waals surface area contributed by atoms with Crippen LogP contribution < -0.4 is 14.8 Å². The van der Waals surface area contributed by atoms with Gasteiger partial charge in [0.25, 0.3) is 0 Å². The van der Waals surface area contributed by atoms with E-state index in [4.69, 9.17) is 32.7 Å². The number of fused-ring (bicyclic) bond motifs is 1. The smallest absolute Gasteiger partial charge is 0.141 e. The molecule has 2 N–H and O–H groups in total. The second-order valence-electron chi connectivity index (χ2n) is 8.19. The summed E-state index contributed by atoms with van der Waals surface area (Å²) in [5.41, 5.74) is 4.66. The van der Waals surface area contributed by atoms with Crippen LogP contribution in [0.15, 0.2) is 36.9 Å². The van der Waals surface area contributed by atoms with Crippen molar-refractivity contribution in [3.63, 3.8) is 0 Å². The first kappa shape index (κ1) is 22.1. The third kappa shape index (κ3) is 4.16. The van der Waals surface area contributed by atoms with Crippen LogP contribution in [0, 0.1) is 0 Å². The average molecular weight is 486 g/mol.